The molecule has 0 amide bonds. The van der Waals surface area contributed by atoms with Gasteiger partial charge >= 0.3 is 0 Å². The van der Waals surface area contributed by atoms with E-state index in [1.165, 1.54) is 0 Å². The van der Waals surface area contributed by atoms with Crippen molar-refractivity contribution in [2.24, 2.45) is 0 Å². The molecule has 0 aliphatic carbocycles. The van der Waals surface area contributed by atoms with Gasteiger partial charge in [-0.1, -0.05) is 0 Å². The molecule has 20 atom stereocenters. The van der Waals surface area contributed by atoms with Crippen LogP contribution in [-0.4, -0.2) is 138 Å². The fraction of sp³-hybridized carbons (Fsp3) is 1.00. The van der Waals surface area contributed by atoms with Gasteiger partial charge in [-0.2, -0.15) is 0 Å². The van der Waals surface area contributed by atoms with Crippen molar-refractivity contribution in [1.82, 2.24) is 144 Å². The summed E-state index contributed by atoms with van der Waals surface area (Å²) in [6.07, 6.45) is -5.32. The molecule has 6 aliphatic rings. The Labute approximate surface area is 350 Å². The summed E-state index contributed by atoms with van der Waals surface area (Å²) in [5, 5.41) is 100. The van der Waals surface area contributed by atoms with Gasteiger partial charge in [-0.25, -0.2) is 0 Å². The molecule has 0 radical (unpaired) electrons. The zero-order chi connectivity index (χ0) is 42.1. The maximum Gasteiger partial charge on any atom is 0.118 e. The fourth-order valence-corrected chi connectivity index (χ4v) is 8.16. The highest BCUT2D eigenvalue weighted by molar-refractivity contribution is 4.89. The van der Waals surface area contributed by atoms with Crippen LogP contribution < -0.4 is 144 Å². The van der Waals surface area contributed by atoms with Crippen LogP contribution in [-0.2, 0) is 0 Å². The molecule has 0 aromatic carbocycles. The minimum atomic E-state index is -0.542. The Kier molecular flexibility index (Phi) is 18.5. The molecule has 6 saturated heterocycles. The molecule has 0 aromatic heterocycles. The summed E-state index contributed by atoms with van der Waals surface area (Å²) < 4.78 is 0. The predicted octanol–water partition coefficient (Wildman–Crippen LogP) is -9.80. The molecule has 20 unspecified atom stereocenters. The van der Waals surface area contributed by atoms with E-state index in [1.807, 2.05) is 0 Å². The van der Waals surface area contributed by atoms with Crippen LogP contribution >= 0.6 is 0 Å². The van der Waals surface area contributed by atoms with Crippen molar-refractivity contribution in [3.63, 3.8) is 0 Å². The predicted molar refractivity (Wildman–Crippen MR) is 227 cm³/mol. The third kappa shape index (κ3) is 16.2. The van der Waals surface area contributed by atoms with E-state index in [0.29, 0.717) is 13.3 Å². The zero-order valence-electron chi connectivity index (χ0n) is 36.5. The second kappa shape index (κ2) is 23.0. The van der Waals surface area contributed by atoms with E-state index in [9.17, 15) is 0 Å². The zero-order valence-corrected chi connectivity index (χ0v) is 36.5. The molecular weight excluding hydrogens is 763 g/mol. The monoisotopic (exact) mass is 844 g/mol. The second-order valence-electron chi connectivity index (χ2n) is 16.6. The van der Waals surface area contributed by atoms with Gasteiger partial charge in [0.1, 0.15) is 62.9 Å². The first-order chi connectivity index (χ1) is 28.2. The van der Waals surface area contributed by atoms with E-state index >= 15 is 0 Å². The minimum absolute atomic E-state index is 0.00148. The molecule has 6 heterocycles. The highest BCUT2D eigenvalue weighted by Gasteiger charge is 2.34. The third-order valence-electron chi connectivity index (χ3n) is 10.6. The smallest absolute Gasteiger partial charge is 0.118 e. The summed E-state index contributed by atoms with van der Waals surface area (Å²) in [6, 6.07) is 0. The Morgan fingerprint density at radius 1 is 0.169 bits per heavy atom. The Morgan fingerprint density at radius 2 is 0.339 bits per heavy atom. The number of hydrogen-bond acceptors (Lipinski definition) is 27. The summed E-state index contributed by atoms with van der Waals surface area (Å²) in [6.45, 7) is 22.1. The van der Waals surface area contributed by atoms with Gasteiger partial charge < -0.3 is 0 Å². The van der Waals surface area contributed by atoms with E-state index < -0.39 is 37.7 Å². The lowest BCUT2D eigenvalue weighted by Gasteiger charge is -2.45. The molecular formula is C32H81N27. The molecule has 27 N–H and O–H groups in total. The number of hydrogen-bond donors (Lipinski definition) is 27. The first kappa shape index (κ1) is 47.4. The van der Waals surface area contributed by atoms with Crippen LogP contribution in [0.1, 0.15) is 69.2 Å². The highest BCUT2D eigenvalue weighted by Crippen LogP contribution is 2.00. The molecule has 0 aromatic rings. The first-order valence-electron chi connectivity index (χ1n) is 21.6. The van der Waals surface area contributed by atoms with Crippen LogP contribution in [0, 0.1) is 0 Å². The van der Waals surface area contributed by atoms with Crippen LogP contribution in [0.3, 0.4) is 0 Å². The average Bonchev–Trinajstić information content (AvgIpc) is 3.07. The molecule has 6 rings (SSSR count). The largest absolute Gasteiger partial charge is 0.289 e. The van der Waals surface area contributed by atoms with Crippen molar-refractivity contribution in [2.45, 2.75) is 194 Å². The Hall–Kier alpha value is -1.08. The molecule has 344 valence electrons. The summed E-state index contributed by atoms with van der Waals surface area (Å²) in [7, 11) is 0. The molecule has 10 bridgehead atoms. The minimum Gasteiger partial charge on any atom is -0.289 e. The van der Waals surface area contributed by atoms with Crippen molar-refractivity contribution < 1.29 is 0 Å². The van der Waals surface area contributed by atoms with Crippen molar-refractivity contribution in [3.05, 3.63) is 0 Å². The highest BCUT2D eigenvalue weighted by atomic mass is 15.6. The standard InChI is InChI=1S/C32H81N27/c1-13-33-11-35-23-43-17(5)40-21(9)45-25-42-14(2)34-12-36-24-44-18(6)41-22(10)47-26-46-19(7)38-15(3)39-20(8)49-28-54-27(48-16(4)37-13)55-29(50-23)57-32(52-25)59-30(51-24)58-31(53-26)56-28/h13-59H,11-12H2,1-10H3. The lowest BCUT2D eigenvalue weighted by molar-refractivity contribution is 0.0732. The third-order valence-corrected chi connectivity index (χ3v) is 10.6. The van der Waals surface area contributed by atoms with Crippen LogP contribution in [0.25, 0.3) is 0 Å². The number of nitrogens with one attached hydrogen (secondary N) is 27. The fourth-order valence-electron chi connectivity index (χ4n) is 8.16. The van der Waals surface area contributed by atoms with Crippen molar-refractivity contribution in [3.8, 4) is 0 Å². The Balaban J connectivity index is 1.44. The molecule has 6 fully saturated rings. The maximum absolute atomic E-state index is 3.83. The van der Waals surface area contributed by atoms with Crippen molar-refractivity contribution in [1.29, 1.82) is 0 Å². The maximum atomic E-state index is 3.83. The van der Waals surface area contributed by atoms with Crippen molar-refractivity contribution in [2.75, 3.05) is 13.3 Å². The molecule has 0 saturated carbocycles. The normalized spacial score (nSPS) is 48.9. The van der Waals surface area contributed by atoms with E-state index in [2.05, 4.69) is 213 Å². The molecule has 27 nitrogen and oxygen atoms in total. The lowest BCUT2D eigenvalue weighted by atomic mass is 10.4. The van der Waals surface area contributed by atoms with Gasteiger partial charge in [0.25, 0.3) is 0 Å². The molecule has 59 heavy (non-hydrogen) atoms. The average molecular weight is 844 g/mol. The number of fused-ring (bicyclic) bond motifs is 6. The van der Waals surface area contributed by atoms with Gasteiger partial charge in [0.05, 0.1) is 61.7 Å². The van der Waals surface area contributed by atoms with Gasteiger partial charge in [0, 0.05) is 13.3 Å². The number of rotatable bonds is 0. The van der Waals surface area contributed by atoms with Gasteiger partial charge in [-0.05, 0) is 69.2 Å². The SMILES string of the molecule is CC1NCNC2NC(C)NC(C)NC3NC(C)NCNC4NC(C)NC(C)NC5NC(C)NC(C)NC(C)NC6NC(NC(C)N1)NC(N2)NC(N3)NC(N4)NC(N5)N6. The molecule has 27 heteroatoms. The summed E-state index contributed by atoms with van der Waals surface area (Å²) in [5.74, 6) is 0. The Bertz CT molecular complexity index is 1210. The summed E-state index contributed by atoms with van der Waals surface area (Å²) >= 11 is 0. The summed E-state index contributed by atoms with van der Waals surface area (Å²) in [5.41, 5.74) is 0. The van der Waals surface area contributed by atoms with Gasteiger partial charge in [-0.3, -0.25) is 144 Å². The first-order valence-corrected chi connectivity index (χ1v) is 21.6. The van der Waals surface area contributed by atoms with E-state index in [-0.39, 0.29) is 86.8 Å². The Morgan fingerprint density at radius 3 is 0.644 bits per heavy atom. The van der Waals surface area contributed by atoms with Gasteiger partial charge in [0.15, 0.2) is 0 Å². The topological polar surface area (TPSA) is 325 Å². The van der Waals surface area contributed by atoms with Gasteiger partial charge in [-0.15, -0.1) is 0 Å². The van der Waals surface area contributed by atoms with E-state index in [1.54, 1.807) is 0 Å². The van der Waals surface area contributed by atoms with Crippen LogP contribution in [0.2, 0.25) is 0 Å². The van der Waals surface area contributed by atoms with Crippen molar-refractivity contribution >= 4 is 0 Å². The van der Waals surface area contributed by atoms with Crippen LogP contribution in [0.5, 0.6) is 0 Å². The van der Waals surface area contributed by atoms with Crippen LogP contribution in [0.4, 0.5) is 0 Å². The second-order valence-corrected chi connectivity index (χ2v) is 16.6. The lowest BCUT2D eigenvalue weighted by Crippen LogP contribution is -2.83. The summed E-state index contributed by atoms with van der Waals surface area (Å²) in [4.78, 5) is 0. The quantitative estimate of drug-likeness (QED) is 0.108. The van der Waals surface area contributed by atoms with E-state index in [4.69, 9.17) is 0 Å². The molecule has 6 aliphatic heterocycles. The van der Waals surface area contributed by atoms with Crippen LogP contribution in [0.15, 0.2) is 0 Å². The molecule has 0 spiro atoms. The van der Waals surface area contributed by atoms with Gasteiger partial charge in [0.2, 0.25) is 0 Å². The van der Waals surface area contributed by atoms with E-state index in [0.717, 1.165) is 0 Å².